The van der Waals surface area contributed by atoms with E-state index in [9.17, 15) is 14.9 Å². The number of hydrogen-bond acceptors (Lipinski definition) is 4. The van der Waals surface area contributed by atoms with E-state index in [0.717, 1.165) is 5.69 Å². The lowest BCUT2D eigenvalue weighted by molar-refractivity contribution is -0.385. The van der Waals surface area contributed by atoms with Crippen LogP contribution in [0.4, 0.5) is 16.2 Å². The molecule has 0 radical (unpaired) electrons. The van der Waals surface area contributed by atoms with Crippen LogP contribution in [0.1, 0.15) is 5.56 Å². The summed E-state index contributed by atoms with van der Waals surface area (Å²) < 4.78 is 0. The summed E-state index contributed by atoms with van der Waals surface area (Å²) in [6, 6.07) is 10.0. The number of amides is 2. The zero-order chi connectivity index (χ0) is 16.9. The third-order valence-electron chi connectivity index (χ3n) is 3.83. The number of nitro groups is 1. The van der Waals surface area contributed by atoms with E-state index in [1.807, 2.05) is 0 Å². The van der Waals surface area contributed by atoms with Crippen molar-refractivity contribution in [2.75, 3.05) is 24.5 Å². The van der Waals surface area contributed by atoms with Gasteiger partial charge in [0.2, 0.25) is 0 Å². The number of hydrogen-bond donors (Lipinski definition) is 0. The molecule has 1 aromatic carbocycles. The molecule has 1 aliphatic rings. The zero-order valence-electron chi connectivity index (χ0n) is 12.9. The molecule has 1 aromatic heterocycles. The number of para-hydroxylation sites is 1. The maximum Gasteiger partial charge on any atom is 0.324 e. The highest BCUT2D eigenvalue weighted by molar-refractivity contribution is 5.94. The van der Waals surface area contributed by atoms with Gasteiger partial charge in [0.1, 0.15) is 0 Å². The number of pyridine rings is 1. The number of carbonyl (C=O) groups excluding carboxylic acids is 1. The number of carbonyl (C=O) groups is 1. The SMILES string of the molecule is O=C1N(CC=Cc2ccccc2[N+](=O)[O-])CCN1c1ccncc1. The normalized spacial score (nSPS) is 14.6. The third-order valence-corrected chi connectivity index (χ3v) is 3.83. The maximum atomic E-state index is 12.4. The van der Waals surface area contributed by atoms with Crippen molar-refractivity contribution in [3.05, 3.63) is 70.5 Å². The van der Waals surface area contributed by atoms with Gasteiger partial charge in [-0.2, -0.15) is 0 Å². The Morgan fingerprint density at radius 2 is 1.92 bits per heavy atom. The van der Waals surface area contributed by atoms with Gasteiger partial charge in [0.15, 0.2) is 0 Å². The second-order valence-corrected chi connectivity index (χ2v) is 5.30. The largest absolute Gasteiger partial charge is 0.324 e. The molecule has 1 fully saturated rings. The van der Waals surface area contributed by atoms with E-state index < -0.39 is 4.92 Å². The van der Waals surface area contributed by atoms with Crippen molar-refractivity contribution < 1.29 is 9.72 Å². The lowest BCUT2D eigenvalue weighted by Gasteiger charge is -2.17. The van der Waals surface area contributed by atoms with Gasteiger partial charge in [-0.05, 0) is 18.2 Å². The van der Waals surface area contributed by atoms with Crippen LogP contribution in [0, 0.1) is 10.1 Å². The zero-order valence-corrected chi connectivity index (χ0v) is 12.9. The molecule has 0 saturated carbocycles. The van der Waals surface area contributed by atoms with Crippen LogP contribution in [-0.4, -0.2) is 40.5 Å². The average molecular weight is 324 g/mol. The molecule has 2 aromatic rings. The summed E-state index contributed by atoms with van der Waals surface area (Å²) in [5.74, 6) is 0. The van der Waals surface area contributed by atoms with E-state index in [0.29, 0.717) is 25.2 Å². The molecule has 7 nitrogen and oxygen atoms in total. The number of rotatable bonds is 5. The fourth-order valence-electron chi connectivity index (χ4n) is 2.62. The molecule has 1 saturated heterocycles. The Kier molecular flexibility index (Phi) is 4.51. The van der Waals surface area contributed by atoms with Crippen LogP contribution in [0.2, 0.25) is 0 Å². The second kappa shape index (κ2) is 6.91. The minimum absolute atomic E-state index is 0.0555. The Labute approximate surface area is 139 Å². The van der Waals surface area contributed by atoms with Crippen LogP contribution in [0.15, 0.2) is 54.9 Å². The first-order valence-corrected chi connectivity index (χ1v) is 7.53. The maximum absolute atomic E-state index is 12.4. The van der Waals surface area contributed by atoms with Crippen molar-refractivity contribution in [2.45, 2.75) is 0 Å². The number of anilines is 1. The van der Waals surface area contributed by atoms with Gasteiger partial charge in [0, 0.05) is 43.8 Å². The smallest absolute Gasteiger partial charge is 0.319 e. The topological polar surface area (TPSA) is 79.6 Å². The summed E-state index contributed by atoms with van der Waals surface area (Å²) in [4.78, 5) is 30.3. The van der Waals surface area contributed by atoms with Crippen LogP contribution in [0.5, 0.6) is 0 Å². The van der Waals surface area contributed by atoms with Crippen LogP contribution < -0.4 is 4.90 Å². The number of nitro benzene ring substituents is 1. The summed E-state index contributed by atoms with van der Waals surface area (Å²) in [5.41, 5.74) is 1.40. The molecular formula is C17H16N4O3. The third kappa shape index (κ3) is 3.24. The van der Waals surface area contributed by atoms with E-state index in [2.05, 4.69) is 4.98 Å². The van der Waals surface area contributed by atoms with Crippen molar-refractivity contribution in [3.8, 4) is 0 Å². The number of aromatic nitrogens is 1. The summed E-state index contributed by atoms with van der Waals surface area (Å²) >= 11 is 0. The van der Waals surface area contributed by atoms with Gasteiger partial charge < -0.3 is 4.90 Å². The Morgan fingerprint density at radius 1 is 1.17 bits per heavy atom. The van der Waals surface area contributed by atoms with E-state index in [4.69, 9.17) is 0 Å². The molecular weight excluding hydrogens is 308 g/mol. The number of urea groups is 1. The first-order chi connectivity index (χ1) is 11.7. The number of benzene rings is 1. The van der Waals surface area contributed by atoms with Gasteiger partial charge in [0.05, 0.1) is 10.5 Å². The summed E-state index contributed by atoms with van der Waals surface area (Å²) in [5, 5.41) is 11.0. The molecule has 0 N–H and O–H groups in total. The van der Waals surface area contributed by atoms with Gasteiger partial charge in [-0.25, -0.2) is 4.79 Å². The molecule has 24 heavy (non-hydrogen) atoms. The van der Waals surface area contributed by atoms with Crippen molar-refractivity contribution in [2.24, 2.45) is 0 Å². The fourth-order valence-corrected chi connectivity index (χ4v) is 2.62. The molecule has 0 bridgehead atoms. The quantitative estimate of drug-likeness (QED) is 0.625. The van der Waals surface area contributed by atoms with Crippen molar-refractivity contribution in [3.63, 3.8) is 0 Å². The molecule has 0 atom stereocenters. The molecule has 1 aliphatic heterocycles. The summed E-state index contributed by atoms with van der Waals surface area (Å²) in [6.07, 6.45) is 6.76. The molecule has 3 rings (SSSR count). The lowest BCUT2D eigenvalue weighted by atomic mass is 10.1. The summed E-state index contributed by atoms with van der Waals surface area (Å²) in [7, 11) is 0. The van der Waals surface area contributed by atoms with Gasteiger partial charge in [-0.1, -0.05) is 24.3 Å². The second-order valence-electron chi connectivity index (χ2n) is 5.30. The molecule has 122 valence electrons. The monoisotopic (exact) mass is 324 g/mol. The van der Waals surface area contributed by atoms with Crippen molar-refractivity contribution in [1.29, 1.82) is 0 Å². The molecule has 2 heterocycles. The first-order valence-electron chi connectivity index (χ1n) is 7.53. The Hall–Kier alpha value is -3.22. The molecule has 2 amide bonds. The Balaban J connectivity index is 1.66. The molecule has 7 heteroatoms. The van der Waals surface area contributed by atoms with Gasteiger partial charge in [-0.3, -0.25) is 20.0 Å². The molecule has 0 spiro atoms. The lowest BCUT2D eigenvalue weighted by Crippen LogP contribution is -2.31. The Morgan fingerprint density at radius 3 is 2.67 bits per heavy atom. The van der Waals surface area contributed by atoms with E-state index in [-0.39, 0.29) is 11.7 Å². The van der Waals surface area contributed by atoms with Gasteiger partial charge in [-0.15, -0.1) is 0 Å². The van der Waals surface area contributed by atoms with Crippen LogP contribution in [0.25, 0.3) is 6.08 Å². The van der Waals surface area contributed by atoms with E-state index in [1.165, 1.54) is 6.07 Å². The first kappa shape index (κ1) is 15.7. The number of nitrogens with zero attached hydrogens (tertiary/aromatic N) is 4. The Bertz CT molecular complexity index is 776. The highest BCUT2D eigenvalue weighted by Gasteiger charge is 2.28. The highest BCUT2D eigenvalue weighted by Crippen LogP contribution is 2.21. The van der Waals surface area contributed by atoms with Gasteiger partial charge >= 0.3 is 6.03 Å². The average Bonchev–Trinajstić information content (AvgIpc) is 2.97. The fraction of sp³-hybridized carbons (Fsp3) is 0.176. The summed E-state index contributed by atoms with van der Waals surface area (Å²) in [6.45, 7) is 1.64. The predicted octanol–water partition coefficient (Wildman–Crippen LogP) is 2.95. The van der Waals surface area contributed by atoms with Crippen LogP contribution in [0.3, 0.4) is 0 Å². The highest BCUT2D eigenvalue weighted by atomic mass is 16.6. The van der Waals surface area contributed by atoms with Gasteiger partial charge in [0.25, 0.3) is 5.69 Å². The molecule has 0 unspecified atom stereocenters. The molecule has 0 aliphatic carbocycles. The van der Waals surface area contributed by atoms with Crippen LogP contribution >= 0.6 is 0 Å². The minimum Gasteiger partial charge on any atom is -0.319 e. The minimum atomic E-state index is -0.411. The van der Waals surface area contributed by atoms with Crippen LogP contribution in [-0.2, 0) is 0 Å². The van der Waals surface area contributed by atoms with Crippen molar-refractivity contribution in [1.82, 2.24) is 9.88 Å². The van der Waals surface area contributed by atoms with E-state index >= 15 is 0 Å². The predicted molar refractivity (Wildman–Crippen MR) is 90.7 cm³/mol. The standard InChI is InChI=1S/C17H16N4O3/c22-17-19(12-13-20(17)15-7-9-18-10-8-15)11-3-5-14-4-1-2-6-16(14)21(23)24/h1-10H,11-13H2. The van der Waals surface area contributed by atoms with E-state index in [1.54, 1.807) is 64.7 Å². The van der Waals surface area contributed by atoms with Crippen molar-refractivity contribution >= 4 is 23.5 Å².